The predicted octanol–water partition coefficient (Wildman–Crippen LogP) is 6.24. The zero-order chi connectivity index (χ0) is 23.7. The number of ether oxygens (including phenoxy) is 3. The minimum Gasteiger partial charge on any atom is -0.494 e. The summed E-state index contributed by atoms with van der Waals surface area (Å²) in [5, 5.41) is 3.45. The lowest BCUT2D eigenvalue weighted by Crippen LogP contribution is -2.24. The summed E-state index contributed by atoms with van der Waals surface area (Å²) < 4.78 is 18.6. The van der Waals surface area contributed by atoms with Crippen molar-refractivity contribution < 1.29 is 19.0 Å². The lowest BCUT2D eigenvalue weighted by molar-refractivity contribution is 0.102. The molecule has 0 fully saturated rings. The van der Waals surface area contributed by atoms with Crippen LogP contribution in [0.5, 0.6) is 17.2 Å². The number of fused-ring (bicyclic) bond motifs is 2. The molecule has 0 saturated carbocycles. The van der Waals surface area contributed by atoms with E-state index in [9.17, 15) is 4.79 Å². The van der Waals surface area contributed by atoms with Gasteiger partial charge in [0.2, 0.25) is 0 Å². The number of carbonyl (C=O) groups is 1. The normalized spacial score (nSPS) is 13.9. The third kappa shape index (κ3) is 4.70. The van der Waals surface area contributed by atoms with Crippen molar-refractivity contribution in [3.8, 4) is 17.2 Å². The SMILES string of the molecule is CCOc1ccc2nc(NC(=O)c3ccc(COc4cccc5c4OC(C)(C)C5)cc3)sc2c1. The zero-order valence-corrected chi connectivity index (χ0v) is 20.2. The van der Waals surface area contributed by atoms with Crippen molar-refractivity contribution >= 4 is 32.6 Å². The van der Waals surface area contributed by atoms with E-state index in [1.165, 1.54) is 16.9 Å². The largest absolute Gasteiger partial charge is 0.494 e. The van der Waals surface area contributed by atoms with Gasteiger partial charge in [-0.15, -0.1) is 0 Å². The van der Waals surface area contributed by atoms with Crippen LogP contribution in [0.2, 0.25) is 0 Å². The van der Waals surface area contributed by atoms with Crippen LogP contribution in [-0.2, 0) is 13.0 Å². The van der Waals surface area contributed by atoms with E-state index < -0.39 is 0 Å². The standard InChI is InChI=1S/C27H26N2O4S/c1-4-31-20-12-13-21-23(14-20)34-26(28-21)29-25(30)18-10-8-17(9-11-18)16-32-22-7-5-6-19-15-27(2,3)33-24(19)22/h5-14H,4,15-16H2,1-3H3,(H,28,29,30). The van der Waals surface area contributed by atoms with Gasteiger partial charge < -0.3 is 14.2 Å². The Bertz CT molecular complexity index is 1340. The smallest absolute Gasteiger partial charge is 0.257 e. The molecule has 0 atom stereocenters. The Morgan fingerprint density at radius 2 is 1.94 bits per heavy atom. The van der Waals surface area contributed by atoms with Gasteiger partial charge in [-0.25, -0.2) is 4.98 Å². The molecule has 1 aliphatic rings. The Labute approximate surface area is 202 Å². The summed E-state index contributed by atoms with van der Waals surface area (Å²) in [6.07, 6.45) is 0.867. The summed E-state index contributed by atoms with van der Waals surface area (Å²) in [5.74, 6) is 2.17. The Balaban J connectivity index is 1.22. The second-order valence-corrected chi connectivity index (χ2v) is 9.83. The number of amides is 1. The summed E-state index contributed by atoms with van der Waals surface area (Å²) in [5.41, 5.74) is 3.30. The highest BCUT2D eigenvalue weighted by molar-refractivity contribution is 7.22. The Morgan fingerprint density at radius 3 is 2.74 bits per heavy atom. The number of hydrogen-bond donors (Lipinski definition) is 1. The average Bonchev–Trinajstić information content (AvgIpc) is 3.36. The molecule has 3 aromatic carbocycles. The van der Waals surface area contributed by atoms with Crippen LogP contribution >= 0.6 is 11.3 Å². The third-order valence-corrected chi connectivity index (χ3v) is 6.49. The van der Waals surface area contributed by atoms with E-state index in [0.717, 1.165) is 39.4 Å². The van der Waals surface area contributed by atoms with E-state index in [-0.39, 0.29) is 11.5 Å². The van der Waals surface area contributed by atoms with Crippen molar-refractivity contribution in [1.29, 1.82) is 0 Å². The molecule has 0 bridgehead atoms. The van der Waals surface area contributed by atoms with Crippen LogP contribution in [0.15, 0.2) is 60.7 Å². The van der Waals surface area contributed by atoms with Crippen LogP contribution in [0.4, 0.5) is 5.13 Å². The van der Waals surface area contributed by atoms with Gasteiger partial charge in [-0.05, 0) is 62.7 Å². The van der Waals surface area contributed by atoms with E-state index in [1.807, 2.05) is 49.4 Å². The molecule has 0 saturated heterocycles. The number of rotatable bonds is 7. The highest BCUT2D eigenvalue weighted by Crippen LogP contribution is 2.42. The second-order valence-electron chi connectivity index (χ2n) is 8.80. The van der Waals surface area contributed by atoms with Gasteiger partial charge in [0.25, 0.3) is 5.91 Å². The molecule has 0 radical (unpaired) electrons. The molecule has 5 rings (SSSR count). The van der Waals surface area contributed by atoms with Gasteiger partial charge in [-0.3, -0.25) is 10.1 Å². The molecule has 1 aromatic heterocycles. The fourth-order valence-electron chi connectivity index (χ4n) is 4.00. The van der Waals surface area contributed by atoms with Gasteiger partial charge in [0, 0.05) is 17.5 Å². The molecule has 1 N–H and O–H groups in total. The molecule has 0 spiro atoms. The first-order valence-electron chi connectivity index (χ1n) is 11.3. The van der Waals surface area contributed by atoms with Crippen molar-refractivity contribution in [3.05, 3.63) is 77.4 Å². The van der Waals surface area contributed by atoms with Crippen LogP contribution in [0.3, 0.4) is 0 Å². The van der Waals surface area contributed by atoms with E-state index in [2.05, 4.69) is 30.2 Å². The number of hydrogen-bond acceptors (Lipinski definition) is 6. The van der Waals surface area contributed by atoms with Crippen molar-refractivity contribution in [2.24, 2.45) is 0 Å². The lowest BCUT2D eigenvalue weighted by Gasteiger charge is -2.18. The molecule has 7 heteroatoms. The number of nitrogens with zero attached hydrogens (tertiary/aromatic N) is 1. The molecular formula is C27H26N2O4S. The van der Waals surface area contributed by atoms with Crippen LogP contribution in [-0.4, -0.2) is 23.1 Å². The maximum absolute atomic E-state index is 12.7. The molecule has 1 aliphatic heterocycles. The number of aromatic nitrogens is 1. The first-order chi connectivity index (χ1) is 16.4. The minimum absolute atomic E-state index is 0.201. The highest BCUT2D eigenvalue weighted by atomic mass is 32.1. The fourth-order valence-corrected chi connectivity index (χ4v) is 4.89. The molecule has 34 heavy (non-hydrogen) atoms. The van der Waals surface area contributed by atoms with Gasteiger partial charge >= 0.3 is 0 Å². The van der Waals surface area contributed by atoms with E-state index in [1.54, 1.807) is 12.1 Å². The number of anilines is 1. The molecule has 1 amide bonds. The van der Waals surface area contributed by atoms with Gasteiger partial charge in [0.15, 0.2) is 16.6 Å². The van der Waals surface area contributed by atoms with E-state index in [4.69, 9.17) is 14.2 Å². The number of thiazole rings is 1. The van der Waals surface area contributed by atoms with Crippen molar-refractivity contribution in [2.45, 2.75) is 39.4 Å². The van der Waals surface area contributed by atoms with Crippen LogP contribution in [0, 0.1) is 0 Å². The fraction of sp³-hybridized carbons (Fsp3) is 0.259. The Kier molecular flexibility index (Phi) is 5.87. The molecular weight excluding hydrogens is 448 g/mol. The monoisotopic (exact) mass is 474 g/mol. The van der Waals surface area contributed by atoms with Crippen LogP contribution in [0.25, 0.3) is 10.2 Å². The maximum Gasteiger partial charge on any atom is 0.257 e. The number of carbonyl (C=O) groups excluding carboxylic acids is 1. The molecule has 6 nitrogen and oxygen atoms in total. The first kappa shape index (κ1) is 22.2. The number of para-hydroxylation sites is 1. The van der Waals surface area contributed by atoms with Gasteiger partial charge in [0.05, 0.1) is 16.8 Å². The Hall–Kier alpha value is -3.58. The lowest BCUT2D eigenvalue weighted by atomic mass is 10.0. The molecule has 174 valence electrons. The summed E-state index contributed by atoms with van der Waals surface area (Å²) in [7, 11) is 0. The van der Waals surface area contributed by atoms with Gasteiger partial charge in [-0.1, -0.05) is 35.6 Å². The third-order valence-electron chi connectivity index (χ3n) is 5.56. The van der Waals surface area contributed by atoms with E-state index >= 15 is 0 Å². The maximum atomic E-state index is 12.7. The molecule has 4 aromatic rings. The Morgan fingerprint density at radius 1 is 1.12 bits per heavy atom. The van der Waals surface area contributed by atoms with Gasteiger partial charge in [-0.2, -0.15) is 0 Å². The van der Waals surface area contributed by atoms with Crippen LogP contribution in [0.1, 0.15) is 42.3 Å². The number of nitrogens with one attached hydrogen (secondary N) is 1. The molecule has 2 heterocycles. The first-order valence-corrected chi connectivity index (χ1v) is 12.1. The molecule has 0 aliphatic carbocycles. The minimum atomic E-state index is -0.217. The summed E-state index contributed by atoms with van der Waals surface area (Å²) in [6, 6.07) is 19.1. The predicted molar refractivity (Wildman–Crippen MR) is 134 cm³/mol. The zero-order valence-electron chi connectivity index (χ0n) is 19.4. The summed E-state index contributed by atoms with van der Waals surface area (Å²) in [4.78, 5) is 17.2. The topological polar surface area (TPSA) is 69.7 Å². The van der Waals surface area contributed by atoms with Crippen molar-refractivity contribution in [1.82, 2.24) is 4.98 Å². The molecule has 0 unspecified atom stereocenters. The van der Waals surface area contributed by atoms with Crippen molar-refractivity contribution in [2.75, 3.05) is 11.9 Å². The summed E-state index contributed by atoms with van der Waals surface area (Å²) in [6.45, 7) is 7.10. The summed E-state index contributed by atoms with van der Waals surface area (Å²) >= 11 is 1.42. The highest BCUT2D eigenvalue weighted by Gasteiger charge is 2.32. The van der Waals surface area contributed by atoms with Gasteiger partial charge in [0.1, 0.15) is 18.0 Å². The second kappa shape index (κ2) is 8.99. The van der Waals surface area contributed by atoms with Crippen molar-refractivity contribution in [3.63, 3.8) is 0 Å². The average molecular weight is 475 g/mol. The van der Waals surface area contributed by atoms with Crippen LogP contribution < -0.4 is 19.5 Å². The quantitative estimate of drug-likeness (QED) is 0.343. The van der Waals surface area contributed by atoms with E-state index in [0.29, 0.717) is 23.9 Å². The number of benzene rings is 3.